The van der Waals surface area contributed by atoms with Gasteiger partial charge < -0.3 is 19.8 Å². The van der Waals surface area contributed by atoms with Gasteiger partial charge in [-0.3, -0.25) is 19.1 Å². The van der Waals surface area contributed by atoms with Crippen molar-refractivity contribution in [2.24, 2.45) is 0 Å². The van der Waals surface area contributed by atoms with Gasteiger partial charge in [-0.1, -0.05) is 36.4 Å². The Morgan fingerprint density at radius 2 is 1.85 bits per heavy atom. The van der Waals surface area contributed by atoms with Crippen LogP contribution in [0.3, 0.4) is 0 Å². The molecule has 0 atom stereocenters. The molecule has 4 aromatic rings. The molecule has 1 aliphatic heterocycles. The molecule has 33 heavy (non-hydrogen) atoms. The molecule has 0 fully saturated rings. The normalized spacial score (nSPS) is 12.0. The molecule has 10 nitrogen and oxygen atoms in total. The largest absolute Gasteiger partial charge is 0.454 e. The van der Waals surface area contributed by atoms with E-state index in [1.54, 1.807) is 6.07 Å². The third-order valence-corrected chi connectivity index (χ3v) is 5.13. The first-order valence-electron chi connectivity index (χ1n) is 10.2. The summed E-state index contributed by atoms with van der Waals surface area (Å²) in [6.07, 6.45) is 1.38. The van der Waals surface area contributed by atoms with Crippen molar-refractivity contribution in [1.29, 1.82) is 0 Å². The van der Waals surface area contributed by atoms with Crippen LogP contribution >= 0.6 is 0 Å². The molecule has 0 unspecified atom stereocenters. The van der Waals surface area contributed by atoms with Crippen LogP contribution in [0.15, 0.2) is 70.4 Å². The molecule has 0 saturated heterocycles. The van der Waals surface area contributed by atoms with E-state index in [0.29, 0.717) is 23.0 Å². The molecule has 2 aromatic heterocycles. The Bertz CT molecular complexity index is 1440. The van der Waals surface area contributed by atoms with E-state index in [-0.39, 0.29) is 31.5 Å². The van der Waals surface area contributed by atoms with Gasteiger partial charge in [-0.05, 0) is 17.7 Å². The lowest BCUT2D eigenvalue weighted by atomic mass is 10.1. The van der Waals surface area contributed by atoms with Gasteiger partial charge in [-0.25, -0.2) is 9.78 Å². The number of rotatable bonds is 6. The van der Waals surface area contributed by atoms with Crippen LogP contribution in [0.2, 0.25) is 0 Å². The number of carbonyl (C=O) groups is 1. The Labute approximate surface area is 186 Å². The summed E-state index contributed by atoms with van der Waals surface area (Å²) in [6.45, 7) is 0.517. The van der Waals surface area contributed by atoms with Crippen LogP contribution in [0.5, 0.6) is 11.5 Å². The summed E-state index contributed by atoms with van der Waals surface area (Å²) in [5.41, 5.74) is 1.30. The molecule has 1 amide bonds. The Morgan fingerprint density at radius 3 is 2.67 bits per heavy atom. The van der Waals surface area contributed by atoms with Gasteiger partial charge in [0.15, 0.2) is 11.5 Å². The first kappa shape index (κ1) is 20.3. The molecule has 3 heterocycles. The van der Waals surface area contributed by atoms with Gasteiger partial charge in [0, 0.05) is 24.4 Å². The van der Waals surface area contributed by atoms with E-state index in [9.17, 15) is 14.4 Å². The smallest absolute Gasteiger partial charge is 0.328 e. The fourth-order valence-electron chi connectivity index (χ4n) is 3.52. The van der Waals surface area contributed by atoms with E-state index in [2.05, 4.69) is 20.3 Å². The van der Waals surface area contributed by atoms with Crippen LogP contribution in [-0.2, 0) is 13.1 Å². The number of imidazole rings is 1. The van der Waals surface area contributed by atoms with Gasteiger partial charge in [0.1, 0.15) is 17.2 Å². The van der Waals surface area contributed by atoms with Crippen molar-refractivity contribution in [2.45, 2.75) is 13.1 Å². The number of nitrogens with one attached hydrogen (secondary N) is 3. The maximum Gasteiger partial charge on any atom is 0.328 e. The minimum Gasteiger partial charge on any atom is -0.454 e. The Hall–Kier alpha value is -4.60. The van der Waals surface area contributed by atoms with E-state index in [0.717, 1.165) is 11.1 Å². The molecule has 0 aliphatic carbocycles. The van der Waals surface area contributed by atoms with Crippen molar-refractivity contribution in [3.05, 3.63) is 98.7 Å². The lowest BCUT2D eigenvalue weighted by Gasteiger charge is -2.07. The summed E-state index contributed by atoms with van der Waals surface area (Å²) < 4.78 is 12.0. The van der Waals surface area contributed by atoms with E-state index < -0.39 is 11.2 Å². The summed E-state index contributed by atoms with van der Waals surface area (Å²) in [5.74, 6) is 1.37. The molecular weight excluding hydrogens is 426 g/mol. The quantitative estimate of drug-likeness (QED) is 0.414. The van der Waals surface area contributed by atoms with Crippen molar-refractivity contribution in [1.82, 2.24) is 24.8 Å². The fourth-order valence-corrected chi connectivity index (χ4v) is 3.52. The molecule has 0 spiro atoms. The molecule has 2 aromatic carbocycles. The molecule has 1 aliphatic rings. The Kier molecular flexibility index (Phi) is 5.23. The van der Waals surface area contributed by atoms with Crippen LogP contribution < -0.4 is 26.0 Å². The summed E-state index contributed by atoms with van der Waals surface area (Å²) in [7, 11) is 0. The highest BCUT2D eigenvalue weighted by atomic mass is 16.7. The second-order valence-electron chi connectivity index (χ2n) is 7.38. The number of H-pyrrole nitrogens is 2. The zero-order valence-electron chi connectivity index (χ0n) is 17.3. The molecule has 10 heteroatoms. The average molecular weight is 445 g/mol. The molecule has 5 rings (SSSR count). The van der Waals surface area contributed by atoms with E-state index in [1.807, 2.05) is 42.5 Å². The van der Waals surface area contributed by atoms with Crippen molar-refractivity contribution < 1.29 is 14.3 Å². The fraction of sp³-hybridized carbons (Fsp3) is 0.130. The number of carbonyl (C=O) groups excluding carboxylic acids is 1. The Morgan fingerprint density at radius 1 is 1.03 bits per heavy atom. The lowest BCUT2D eigenvalue weighted by Crippen LogP contribution is -2.29. The molecule has 166 valence electrons. The lowest BCUT2D eigenvalue weighted by molar-refractivity contribution is 0.0947. The summed E-state index contributed by atoms with van der Waals surface area (Å²) in [6, 6.07) is 16.0. The molecule has 0 radical (unpaired) electrons. The second-order valence-corrected chi connectivity index (χ2v) is 7.38. The SMILES string of the molecule is O=C(NCc1ccc2c(c1)OCO2)c1[nH]c(Cn2ccc(=O)[nH]c2=O)nc1-c1ccccc1. The number of benzene rings is 2. The molecule has 0 bridgehead atoms. The van der Waals surface area contributed by atoms with Gasteiger partial charge in [0.2, 0.25) is 6.79 Å². The second kappa shape index (κ2) is 8.50. The predicted octanol–water partition coefficient (Wildman–Crippen LogP) is 1.63. The van der Waals surface area contributed by atoms with Gasteiger partial charge >= 0.3 is 5.69 Å². The van der Waals surface area contributed by atoms with Crippen molar-refractivity contribution in [3.8, 4) is 22.8 Å². The number of aromatic amines is 2. The van der Waals surface area contributed by atoms with Crippen LogP contribution in [0, 0.1) is 0 Å². The Balaban J connectivity index is 1.41. The minimum atomic E-state index is -0.561. The van der Waals surface area contributed by atoms with E-state index in [1.165, 1.54) is 16.8 Å². The van der Waals surface area contributed by atoms with Crippen LogP contribution in [0.25, 0.3) is 11.3 Å². The summed E-state index contributed by atoms with van der Waals surface area (Å²) in [5, 5.41) is 2.89. The van der Waals surface area contributed by atoms with Crippen LogP contribution in [-0.4, -0.2) is 32.2 Å². The minimum absolute atomic E-state index is 0.0604. The monoisotopic (exact) mass is 445 g/mol. The standard InChI is InChI=1S/C23H19N5O5/c29-19-8-9-28(23(31)27-19)12-18-25-20(15-4-2-1-3-5-15)21(26-18)22(30)24-11-14-6-7-16-17(10-14)33-13-32-16/h1-10H,11-13H2,(H,24,30)(H,25,26)(H,27,29,31). The number of fused-ring (bicyclic) bond motifs is 1. The number of hydrogen-bond donors (Lipinski definition) is 3. The highest BCUT2D eigenvalue weighted by Gasteiger charge is 2.20. The third kappa shape index (κ3) is 4.26. The van der Waals surface area contributed by atoms with Crippen molar-refractivity contribution in [3.63, 3.8) is 0 Å². The summed E-state index contributed by atoms with van der Waals surface area (Å²) >= 11 is 0. The van der Waals surface area contributed by atoms with Gasteiger partial charge in [0.25, 0.3) is 11.5 Å². The highest BCUT2D eigenvalue weighted by molar-refractivity contribution is 5.98. The van der Waals surface area contributed by atoms with Gasteiger partial charge in [0.05, 0.1) is 6.54 Å². The van der Waals surface area contributed by atoms with Crippen LogP contribution in [0.4, 0.5) is 0 Å². The van der Waals surface area contributed by atoms with Gasteiger partial charge in [-0.2, -0.15) is 0 Å². The third-order valence-electron chi connectivity index (χ3n) is 5.13. The predicted molar refractivity (Wildman–Crippen MR) is 118 cm³/mol. The molecular formula is C23H19N5O5. The van der Waals surface area contributed by atoms with Crippen LogP contribution in [0.1, 0.15) is 21.9 Å². The number of nitrogens with zero attached hydrogens (tertiary/aromatic N) is 2. The topological polar surface area (TPSA) is 131 Å². The molecule has 0 saturated carbocycles. The van der Waals surface area contributed by atoms with E-state index >= 15 is 0 Å². The first-order valence-corrected chi connectivity index (χ1v) is 10.2. The molecule has 3 N–H and O–H groups in total. The maximum atomic E-state index is 13.1. The summed E-state index contributed by atoms with van der Waals surface area (Å²) in [4.78, 5) is 46.2. The number of aromatic nitrogens is 4. The van der Waals surface area contributed by atoms with Crippen molar-refractivity contribution in [2.75, 3.05) is 6.79 Å². The maximum absolute atomic E-state index is 13.1. The highest BCUT2D eigenvalue weighted by Crippen LogP contribution is 2.32. The van der Waals surface area contributed by atoms with Crippen molar-refractivity contribution >= 4 is 5.91 Å². The van der Waals surface area contributed by atoms with E-state index in [4.69, 9.17) is 9.47 Å². The number of ether oxygens (including phenoxy) is 2. The average Bonchev–Trinajstić information content (AvgIpc) is 3.47. The number of amides is 1. The zero-order valence-corrected chi connectivity index (χ0v) is 17.3. The van der Waals surface area contributed by atoms with Gasteiger partial charge in [-0.15, -0.1) is 0 Å². The number of hydrogen-bond acceptors (Lipinski definition) is 6. The first-order chi connectivity index (χ1) is 16.1. The zero-order chi connectivity index (χ0) is 22.8.